The van der Waals surface area contributed by atoms with Crippen LogP contribution in [0.5, 0.6) is 11.5 Å². The fourth-order valence-corrected chi connectivity index (χ4v) is 3.32. The molecular weight excluding hydrogens is 302 g/mol. The van der Waals surface area contributed by atoms with E-state index in [2.05, 4.69) is 24.4 Å². The zero-order valence-corrected chi connectivity index (χ0v) is 14.6. The number of aryl methyl sites for hydroxylation is 1. The number of fused-ring (bicyclic) bond motifs is 1. The molecule has 0 spiro atoms. The monoisotopic (exact) mass is 325 g/mol. The Balaban J connectivity index is 2.18. The van der Waals surface area contributed by atoms with Crippen LogP contribution in [0.2, 0.25) is 0 Å². The normalized spacial score (nSPS) is 16.3. The number of amides is 1. The molecule has 0 fully saturated rings. The predicted molar refractivity (Wildman–Crippen MR) is 95.2 cm³/mol. The Morgan fingerprint density at radius 3 is 2.67 bits per heavy atom. The molecule has 0 bridgehead atoms. The lowest BCUT2D eigenvalue weighted by Gasteiger charge is -2.29. The van der Waals surface area contributed by atoms with Crippen LogP contribution in [-0.2, 0) is 4.79 Å². The molecular formula is C20H23NO3. The van der Waals surface area contributed by atoms with Gasteiger partial charge < -0.3 is 14.8 Å². The molecule has 126 valence electrons. The van der Waals surface area contributed by atoms with Crippen molar-refractivity contribution in [1.82, 2.24) is 0 Å². The standard InChI is InChI=1S/C20H23NO3/c1-5-24-20-15(7-6-8-17(20)23-4)16-11-18(22)21-19-13(3)12(2)9-10-14(16)19/h6-10,16H,5,11H2,1-4H3,(H,21,22)/t16-/m1/s1. The Hall–Kier alpha value is -2.49. The highest BCUT2D eigenvalue weighted by molar-refractivity contribution is 5.96. The minimum atomic E-state index is -0.0373. The van der Waals surface area contributed by atoms with Crippen LogP contribution in [0.25, 0.3) is 0 Å². The van der Waals surface area contributed by atoms with Crippen LogP contribution < -0.4 is 14.8 Å². The quantitative estimate of drug-likeness (QED) is 0.917. The Kier molecular flexibility index (Phi) is 4.47. The molecule has 0 aromatic heterocycles. The van der Waals surface area contributed by atoms with Crippen molar-refractivity contribution in [2.24, 2.45) is 0 Å². The summed E-state index contributed by atoms with van der Waals surface area (Å²) in [4.78, 5) is 12.3. The summed E-state index contributed by atoms with van der Waals surface area (Å²) in [6.45, 7) is 6.60. The lowest BCUT2D eigenvalue weighted by molar-refractivity contribution is -0.116. The minimum Gasteiger partial charge on any atom is -0.493 e. The van der Waals surface area contributed by atoms with Crippen molar-refractivity contribution in [3.8, 4) is 11.5 Å². The lowest BCUT2D eigenvalue weighted by atomic mass is 9.82. The summed E-state index contributed by atoms with van der Waals surface area (Å²) in [6, 6.07) is 10.1. The van der Waals surface area contributed by atoms with E-state index in [1.54, 1.807) is 7.11 Å². The molecule has 0 aliphatic carbocycles. The van der Waals surface area contributed by atoms with Gasteiger partial charge in [0, 0.05) is 23.6 Å². The fraction of sp³-hybridized carbons (Fsp3) is 0.350. The average Bonchev–Trinajstić information content (AvgIpc) is 2.58. The van der Waals surface area contributed by atoms with Gasteiger partial charge in [0.2, 0.25) is 5.91 Å². The second kappa shape index (κ2) is 6.56. The number of benzene rings is 2. The summed E-state index contributed by atoms with van der Waals surface area (Å²) >= 11 is 0. The average molecular weight is 325 g/mol. The van der Waals surface area contributed by atoms with Crippen LogP contribution in [0.15, 0.2) is 30.3 Å². The van der Waals surface area contributed by atoms with Gasteiger partial charge in [-0.05, 0) is 43.5 Å². The molecule has 0 saturated carbocycles. The van der Waals surface area contributed by atoms with E-state index in [9.17, 15) is 4.79 Å². The molecule has 2 aromatic rings. The van der Waals surface area contributed by atoms with Gasteiger partial charge >= 0.3 is 0 Å². The number of carbonyl (C=O) groups excluding carboxylic acids is 1. The summed E-state index contributed by atoms with van der Waals surface area (Å²) in [5.41, 5.74) is 5.35. The molecule has 1 atom stereocenters. The third-order valence-corrected chi connectivity index (χ3v) is 4.69. The first-order chi connectivity index (χ1) is 11.6. The molecule has 2 aromatic carbocycles. The molecule has 1 aliphatic rings. The van der Waals surface area contributed by atoms with Crippen molar-refractivity contribution in [1.29, 1.82) is 0 Å². The summed E-state index contributed by atoms with van der Waals surface area (Å²) in [6.07, 6.45) is 0.405. The number of nitrogens with one attached hydrogen (secondary N) is 1. The summed E-state index contributed by atoms with van der Waals surface area (Å²) in [5.74, 6) is 1.42. The molecule has 1 aliphatic heterocycles. The zero-order valence-electron chi connectivity index (χ0n) is 14.6. The maximum Gasteiger partial charge on any atom is 0.225 e. The molecule has 0 radical (unpaired) electrons. The number of hydrogen-bond acceptors (Lipinski definition) is 3. The molecule has 4 heteroatoms. The topological polar surface area (TPSA) is 47.6 Å². The van der Waals surface area contributed by atoms with Crippen LogP contribution in [0.4, 0.5) is 5.69 Å². The van der Waals surface area contributed by atoms with E-state index in [4.69, 9.17) is 9.47 Å². The van der Waals surface area contributed by atoms with E-state index in [0.717, 1.165) is 28.1 Å². The Labute approximate surface area is 142 Å². The first-order valence-corrected chi connectivity index (χ1v) is 8.26. The molecule has 24 heavy (non-hydrogen) atoms. The predicted octanol–water partition coefficient (Wildman–Crippen LogP) is 4.18. The highest BCUT2D eigenvalue weighted by atomic mass is 16.5. The van der Waals surface area contributed by atoms with Gasteiger partial charge in [-0.3, -0.25) is 4.79 Å². The highest BCUT2D eigenvalue weighted by Crippen LogP contribution is 2.45. The van der Waals surface area contributed by atoms with Crippen molar-refractivity contribution in [2.45, 2.75) is 33.1 Å². The SMILES string of the molecule is CCOc1c(OC)cccc1[C@@H]1CC(=O)Nc2c1ccc(C)c2C. The second-order valence-electron chi connectivity index (χ2n) is 6.09. The summed E-state index contributed by atoms with van der Waals surface area (Å²) < 4.78 is 11.3. The maximum atomic E-state index is 12.3. The number of ether oxygens (including phenoxy) is 2. The minimum absolute atomic E-state index is 0.0338. The maximum absolute atomic E-state index is 12.3. The van der Waals surface area contributed by atoms with Gasteiger partial charge in [0.15, 0.2) is 11.5 Å². The molecule has 1 amide bonds. The summed E-state index contributed by atoms with van der Waals surface area (Å²) in [5, 5.41) is 3.04. The van der Waals surface area contributed by atoms with Gasteiger partial charge in [-0.15, -0.1) is 0 Å². The number of para-hydroxylation sites is 1. The van der Waals surface area contributed by atoms with Crippen LogP contribution in [0.3, 0.4) is 0 Å². The lowest BCUT2D eigenvalue weighted by Crippen LogP contribution is -2.25. The molecule has 1 N–H and O–H groups in total. The Bertz CT molecular complexity index is 783. The van der Waals surface area contributed by atoms with Crippen LogP contribution in [0, 0.1) is 13.8 Å². The molecule has 0 saturated heterocycles. The van der Waals surface area contributed by atoms with Gasteiger partial charge in [0.25, 0.3) is 0 Å². The number of hydrogen-bond donors (Lipinski definition) is 1. The molecule has 1 heterocycles. The van der Waals surface area contributed by atoms with E-state index >= 15 is 0 Å². The number of rotatable bonds is 4. The van der Waals surface area contributed by atoms with Crippen LogP contribution in [-0.4, -0.2) is 19.6 Å². The first kappa shape index (κ1) is 16.4. The third kappa shape index (κ3) is 2.73. The van der Waals surface area contributed by atoms with Crippen molar-refractivity contribution in [2.75, 3.05) is 19.0 Å². The highest BCUT2D eigenvalue weighted by Gasteiger charge is 2.30. The van der Waals surface area contributed by atoms with Crippen molar-refractivity contribution >= 4 is 11.6 Å². The Morgan fingerprint density at radius 1 is 1.17 bits per heavy atom. The van der Waals surface area contributed by atoms with Gasteiger partial charge in [-0.1, -0.05) is 24.3 Å². The van der Waals surface area contributed by atoms with Gasteiger partial charge in [-0.25, -0.2) is 0 Å². The van der Waals surface area contributed by atoms with Crippen molar-refractivity contribution in [3.63, 3.8) is 0 Å². The van der Waals surface area contributed by atoms with Gasteiger partial charge in [0.05, 0.1) is 13.7 Å². The number of methoxy groups -OCH3 is 1. The molecule has 4 nitrogen and oxygen atoms in total. The second-order valence-corrected chi connectivity index (χ2v) is 6.09. The fourth-order valence-electron chi connectivity index (χ4n) is 3.32. The Morgan fingerprint density at radius 2 is 1.96 bits per heavy atom. The van der Waals surface area contributed by atoms with E-state index in [0.29, 0.717) is 18.8 Å². The third-order valence-electron chi connectivity index (χ3n) is 4.69. The van der Waals surface area contributed by atoms with Gasteiger partial charge in [-0.2, -0.15) is 0 Å². The zero-order chi connectivity index (χ0) is 17.3. The number of carbonyl (C=O) groups is 1. The van der Waals surface area contributed by atoms with Crippen LogP contribution >= 0.6 is 0 Å². The van der Waals surface area contributed by atoms with Crippen molar-refractivity contribution < 1.29 is 14.3 Å². The molecule has 0 unspecified atom stereocenters. The van der Waals surface area contributed by atoms with E-state index in [-0.39, 0.29) is 11.8 Å². The largest absolute Gasteiger partial charge is 0.493 e. The smallest absolute Gasteiger partial charge is 0.225 e. The number of anilines is 1. The van der Waals surface area contributed by atoms with Gasteiger partial charge in [0.1, 0.15) is 0 Å². The van der Waals surface area contributed by atoms with E-state index in [1.807, 2.05) is 32.0 Å². The first-order valence-electron chi connectivity index (χ1n) is 8.26. The van der Waals surface area contributed by atoms with E-state index < -0.39 is 0 Å². The van der Waals surface area contributed by atoms with E-state index in [1.165, 1.54) is 5.56 Å². The van der Waals surface area contributed by atoms with Crippen LogP contribution in [0.1, 0.15) is 41.5 Å². The summed E-state index contributed by atoms with van der Waals surface area (Å²) in [7, 11) is 1.64. The van der Waals surface area contributed by atoms with Crippen molar-refractivity contribution in [3.05, 3.63) is 52.6 Å². The molecule has 3 rings (SSSR count).